The van der Waals surface area contributed by atoms with Gasteiger partial charge < -0.3 is 15.0 Å². The Bertz CT molecular complexity index is 569. The van der Waals surface area contributed by atoms with Gasteiger partial charge in [-0.1, -0.05) is 13.3 Å². The second-order valence-corrected chi connectivity index (χ2v) is 6.87. The lowest BCUT2D eigenvalue weighted by atomic mass is 10.1. The van der Waals surface area contributed by atoms with Crippen LogP contribution in [0.5, 0.6) is 5.75 Å². The molecule has 5 heteroatoms. The van der Waals surface area contributed by atoms with Crippen LogP contribution in [0.4, 0.5) is 0 Å². The third kappa shape index (κ3) is 5.48. The van der Waals surface area contributed by atoms with Crippen LogP contribution >= 0.6 is 0 Å². The van der Waals surface area contributed by atoms with Crippen molar-refractivity contribution in [3.63, 3.8) is 0 Å². The van der Waals surface area contributed by atoms with E-state index in [1.165, 1.54) is 0 Å². The van der Waals surface area contributed by atoms with Crippen LogP contribution in [0.25, 0.3) is 0 Å². The highest BCUT2D eigenvalue weighted by molar-refractivity contribution is 5.97. The van der Waals surface area contributed by atoms with Gasteiger partial charge in [0.15, 0.2) is 0 Å². The summed E-state index contributed by atoms with van der Waals surface area (Å²) in [7, 11) is 0. The molecule has 1 unspecified atom stereocenters. The smallest absolute Gasteiger partial charge is 0.251 e. The molecule has 5 nitrogen and oxygen atoms in total. The molecule has 0 aromatic heterocycles. The maximum absolute atomic E-state index is 12.6. The molecule has 1 aliphatic heterocycles. The van der Waals surface area contributed by atoms with E-state index in [-0.39, 0.29) is 17.9 Å². The van der Waals surface area contributed by atoms with Crippen molar-refractivity contribution in [3.8, 4) is 5.75 Å². The van der Waals surface area contributed by atoms with Crippen molar-refractivity contribution in [2.24, 2.45) is 0 Å². The summed E-state index contributed by atoms with van der Waals surface area (Å²) in [6, 6.07) is 6.83. The fourth-order valence-corrected chi connectivity index (χ4v) is 2.99. The number of amides is 2. The zero-order chi connectivity index (χ0) is 18.2. The third-order valence-electron chi connectivity index (χ3n) is 4.53. The second kappa shape index (κ2) is 9.44. The average molecular weight is 346 g/mol. The zero-order valence-corrected chi connectivity index (χ0v) is 15.6. The van der Waals surface area contributed by atoms with E-state index in [0.29, 0.717) is 18.6 Å². The number of hydrogen-bond acceptors (Lipinski definition) is 3. The molecule has 1 atom stereocenters. The van der Waals surface area contributed by atoms with E-state index in [9.17, 15) is 9.59 Å². The zero-order valence-electron chi connectivity index (χ0n) is 15.6. The van der Waals surface area contributed by atoms with Crippen molar-refractivity contribution in [2.45, 2.75) is 65.0 Å². The lowest BCUT2D eigenvalue weighted by Crippen LogP contribution is -2.49. The summed E-state index contributed by atoms with van der Waals surface area (Å²) in [6.07, 6.45) is 4.73. The predicted molar refractivity (Wildman–Crippen MR) is 98.8 cm³/mol. The molecular weight excluding hydrogens is 316 g/mol. The van der Waals surface area contributed by atoms with Crippen LogP contribution in [-0.2, 0) is 4.79 Å². The van der Waals surface area contributed by atoms with Gasteiger partial charge in [0.1, 0.15) is 11.8 Å². The van der Waals surface area contributed by atoms with Crippen LogP contribution in [0.3, 0.4) is 0 Å². The van der Waals surface area contributed by atoms with Crippen molar-refractivity contribution in [3.05, 3.63) is 29.8 Å². The summed E-state index contributed by atoms with van der Waals surface area (Å²) in [4.78, 5) is 27.0. The first-order valence-corrected chi connectivity index (χ1v) is 9.37. The van der Waals surface area contributed by atoms with Crippen molar-refractivity contribution in [1.29, 1.82) is 0 Å². The number of rotatable bonds is 7. The molecule has 25 heavy (non-hydrogen) atoms. The van der Waals surface area contributed by atoms with Gasteiger partial charge in [-0.15, -0.1) is 0 Å². The van der Waals surface area contributed by atoms with Gasteiger partial charge in [0.05, 0.1) is 6.61 Å². The maximum Gasteiger partial charge on any atom is 0.251 e. The molecule has 0 saturated carbocycles. The van der Waals surface area contributed by atoms with Gasteiger partial charge in [-0.25, -0.2) is 0 Å². The summed E-state index contributed by atoms with van der Waals surface area (Å²) in [5.74, 6) is 0.589. The van der Waals surface area contributed by atoms with Crippen molar-refractivity contribution in [2.75, 3.05) is 13.2 Å². The van der Waals surface area contributed by atoms with E-state index in [2.05, 4.69) is 12.2 Å². The normalized spacial score (nSPS) is 18.2. The molecule has 0 aliphatic carbocycles. The molecule has 1 heterocycles. The van der Waals surface area contributed by atoms with Gasteiger partial charge in [0.2, 0.25) is 5.91 Å². The van der Waals surface area contributed by atoms with Gasteiger partial charge in [-0.2, -0.15) is 0 Å². The van der Waals surface area contributed by atoms with E-state index in [1.807, 2.05) is 18.7 Å². The molecule has 1 aromatic carbocycles. The molecule has 1 fully saturated rings. The van der Waals surface area contributed by atoms with Gasteiger partial charge in [-0.3, -0.25) is 9.59 Å². The van der Waals surface area contributed by atoms with E-state index in [4.69, 9.17) is 4.74 Å². The summed E-state index contributed by atoms with van der Waals surface area (Å²) in [5.41, 5.74) is 0.552. The number of hydrogen-bond donors (Lipinski definition) is 1. The Hall–Kier alpha value is -2.04. The molecule has 2 rings (SSSR count). The highest BCUT2D eigenvalue weighted by Gasteiger charge is 2.29. The first-order chi connectivity index (χ1) is 12.0. The monoisotopic (exact) mass is 346 g/mol. The number of likely N-dealkylation sites (tertiary alicyclic amines) is 1. The summed E-state index contributed by atoms with van der Waals surface area (Å²) in [6.45, 7) is 7.60. The molecule has 138 valence electrons. The Morgan fingerprint density at radius 2 is 2.00 bits per heavy atom. The Morgan fingerprint density at radius 1 is 1.28 bits per heavy atom. The van der Waals surface area contributed by atoms with Crippen molar-refractivity contribution in [1.82, 2.24) is 10.2 Å². The fourth-order valence-electron chi connectivity index (χ4n) is 2.99. The fraction of sp³-hybridized carbons (Fsp3) is 0.600. The summed E-state index contributed by atoms with van der Waals surface area (Å²) in [5, 5.41) is 2.91. The average Bonchev–Trinajstić information content (AvgIpc) is 2.78. The predicted octanol–water partition coefficient (Wildman–Crippen LogP) is 3.38. The molecule has 0 radical (unpaired) electrons. The van der Waals surface area contributed by atoms with Gasteiger partial charge in [0.25, 0.3) is 5.91 Å². The number of unbranched alkanes of at least 4 members (excludes halogenated alkanes) is 1. The minimum absolute atomic E-state index is 0.0281. The summed E-state index contributed by atoms with van der Waals surface area (Å²) >= 11 is 0. The van der Waals surface area contributed by atoms with Crippen molar-refractivity contribution < 1.29 is 14.3 Å². The Labute approximate surface area is 150 Å². The number of carbonyl (C=O) groups is 2. The van der Waals surface area contributed by atoms with Gasteiger partial charge >= 0.3 is 0 Å². The van der Waals surface area contributed by atoms with Crippen LogP contribution in [0, 0.1) is 0 Å². The topological polar surface area (TPSA) is 58.6 Å². The first kappa shape index (κ1) is 19.3. The van der Waals surface area contributed by atoms with Crippen molar-refractivity contribution >= 4 is 11.8 Å². The minimum atomic E-state index is -0.433. The minimum Gasteiger partial charge on any atom is -0.494 e. The Morgan fingerprint density at radius 3 is 2.64 bits per heavy atom. The molecule has 0 bridgehead atoms. The van der Waals surface area contributed by atoms with Crippen LogP contribution in [0.15, 0.2) is 24.3 Å². The quantitative estimate of drug-likeness (QED) is 0.770. The molecule has 1 aliphatic rings. The SMILES string of the molecule is CCCCOc1ccc(C(=O)NC2CCCCN(C(C)C)C2=O)cc1. The number of nitrogens with zero attached hydrogens (tertiary/aromatic N) is 1. The number of ether oxygens (including phenoxy) is 1. The molecular formula is C20H30N2O3. The van der Waals surface area contributed by atoms with Crippen LogP contribution < -0.4 is 10.1 Å². The van der Waals surface area contributed by atoms with E-state index >= 15 is 0 Å². The molecule has 0 spiro atoms. The lowest BCUT2D eigenvalue weighted by molar-refractivity contribution is -0.134. The van der Waals surface area contributed by atoms with E-state index < -0.39 is 6.04 Å². The van der Waals surface area contributed by atoms with Gasteiger partial charge in [0, 0.05) is 18.2 Å². The standard InChI is InChI=1S/C20H30N2O3/c1-4-5-14-25-17-11-9-16(10-12-17)19(23)21-18-8-6-7-13-22(15(2)3)20(18)24/h9-12,15,18H,4-8,13-14H2,1-3H3,(H,21,23). The highest BCUT2D eigenvalue weighted by Crippen LogP contribution is 2.16. The second-order valence-electron chi connectivity index (χ2n) is 6.87. The highest BCUT2D eigenvalue weighted by atomic mass is 16.5. The number of nitrogens with one attached hydrogen (secondary N) is 1. The van der Waals surface area contributed by atoms with Crippen LogP contribution in [-0.4, -0.2) is 41.9 Å². The summed E-state index contributed by atoms with van der Waals surface area (Å²) < 4.78 is 5.61. The van der Waals surface area contributed by atoms with Crippen LogP contribution in [0.2, 0.25) is 0 Å². The molecule has 1 saturated heterocycles. The number of carbonyl (C=O) groups excluding carboxylic acids is 2. The first-order valence-electron chi connectivity index (χ1n) is 9.37. The van der Waals surface area contributed by atoms with E-state index in [0.717, 1.165) is 38.0 Å². The number of benzene rings is 1. The Kier molecular flexibility index (Phi) is 7.29. The molecule has 1 aromatic rings. The van der Waals surface area contributed by atoms with Crippen LogP contribution in [0.1, 0.15) is 63.2 Å². The maximum atomic E-state index is 12.6. The Balaban J connectivity index is 1.97. The molecule has 1 N–H and O–H groups in total. The van der Waals surface area contributed by atoms with Gasteiger partial charge in [-0.05, 0) is 63.8 Å². The third-order valence-corrected chi connectivity index (χ3v) is 4.53. The largest absolute Gasteiger partial charge is 0.494 e. The lowest BCUT2D eigenvalue weighted by Gasteiger charge is -2.28. The van der Waals surface area contributed by atoms with E-state index in [1.54, 1.807) is 24.3 Å². The molecule has 2 amide bonds.